The molecular formula is C17H22N4OS. The molecule has 0 N–H and O–H groups in total. The summed E-state index contributed by atoms with van der Waals surface area (Å²) in [7, 11) is 0. The van der Waals surface area contributed by atoms with Gasteiger partial charge in [-0.15, -0.1) is 11.8 Å². The molecule has 23 heavy (non-hydrogen) atoms. The van der Waals surface area contributed by atoms with E-state index in [0.29, 0.717) is 0 Å². The van der Waals surface area contributed by atoms with Crippen LogP contribution >= 0.6 is 11.8 Å². The average Bonchev–Trinajstić information content (AvgIpc) is 3.13. The third-order valence-electron chi connectivity index (χ3n) is 4.20. The van der Waals surface area contributed by atoms with Crippen molar-refractivity contribution < 1.29 is 4.79 Å². The summed E-state index contributed by atoms with van der Waals surface area (Å²) in [5, 5.41) is 4.23. The molecule has 0 spiro atoms. The molecule has 0 radical (unpaired) electrons. The van der Waals surface area contributed by atoms with Crippen molar-refractivity contribution in [3.63, 3.8) is 0 Å². The highest BCUT2D eigenvalue weighted by molar-refractivity contribution is 7.98. The van der Waals surface area contributed by atoms with Crippen LogP contribution in [0.1, 0.15) is 10.4 Å². The summed E-state index contributed by atoms with van der Waals surface area (Å²) in [6, 6.07) is 9.80. The zero-order valence-electron chi connectivity index (χ0n) is 13.4. The molecule has 1 fully saturated rings. The Labute approximate surface area is 141 Å². The van der Waals surface area contributed by atoms with Crippen LogP contribution in [0, 0.1) is 0 Å². The van der Waals surface area contributed by atoms with Gasteiger partial charge in [0.25, 0.3) is 5.91 Å². The number of hydrogen-bond donors (Lipinski definition) is 0. The molecule has 2 aromatic rings. The fourth-order valence-corrected chi connectivity index (χ4v) is 3.43. The monoisotopic (exact) mass is 330 g/mol. The smallest absolute Gasteiger partial charge is 0.255 e. The first-order chi connectivity index (χ1) is 11.3. The maximum absolute atomic E-state index is 12.7. The Bertz CT molecular complexity index is 636. The third kappa shape index (κ3) is 3.95. The Morgan fingerprint density at radius 3 is 2.61 bits per heavy atom. The minimum absolute atomic E-state index is 0.154. The largest absolute Gasteiger partial charge is 0.336 e. The summed E-state index contributed by atoms with van der Waals surface area (Å²) in [5.74, 6) is 0.154. The van der Waals surface area contributed by atoms with Gasteiger partial charge in [-0.05, 0) is 24.5 Å². The lowest BCUT2D eigenvalue weighted by atomic mass is 10.2. The highest BCUT2D eigenvalue weighted by atomic mass is 32.2. The quantitative estimate of drug-likeness (QED) is 0.787. The van der Waals surface area contributed by atoms with E-state index in [1.54, 1.807) is 18.0 Å². The number of carbonyl (C=O) groups is 1. The lowest BCUT2D eigenvalue weighted by molar-refractivity contribution is 0.0628. The molecule has 0 bridgehead atoms. The molecule has 6 heteroatoms. The van der Waals surface area contributed by atoms with Crippen LogP contribution in [0.25, 0.3) is 0 Å². The van der Waals surface area contributed by atoms with Gasteiger partial charge in [0.15, 0.2) is 0 Å². The number of thioether (sulfide) groups is 1. The van der Waals surface area contributed by atoms with Gasteiger partial charge in [-0.25, -0.2) is 0 Å². The number of piperazine rings is 1. The molecule has 0 atom stereocenters. The van der Waals surface area contributed by atoms with E-state index in [1.807, 2.05) is 52.4 Å². The van der Waals surface area contributed by atoms with Crippen molar-refractivity contribution in [2.75, 3.05) is 39.0 Å². The standard InChI is InChI=1S/C17H22N4OS/c1-23-16-6-3-2-5-15(16)17(22)20-12-9-19(10-13-20)11-14-21-8-4-7-18-21/h2-8H,9-14H2,1H3. The first-order valence-electron chi connectivity index (χ1n) is 7.90. The summed E-state index contributed by atoms with van der Waals surface area (Å²) in [6.45, 7) is 5.31. The first-order valence-corrected chi connectivity index (χ1v) is 9.12. The van der Waals surface area contributed by atoms with E-state index >= 15 is 0 Å². The lowest BCUT2D eigenvalue weighted by Gasteiger charge is -2.35. The minimum atomic E-state index is 0.154. The van der Waals surface area contributed by atoms with Crippen LogP contribution in [0.4, 0.5) is 0 Å². The molecule has 0 saturated carbocycles. The van der Waals surface area contributed by atoms with Gasteiger partial charge < -0.3 is 4.90 Å². The maximum atomic E-state index is 12.7. The van der Waals surface area contributed by atoms with Crippen molar-refractivity contribution in [2.24, 2.45) is 0 Å². The first kappa shape index (κ1) is 16.1. The van der Waals surface area contributed by atoms with E-state index in [2.05, 4.69) is 10.00 Å². The van der Waals surface area contributed by atoms with E-state index in [0.717, 1.165) is 49.7 Å². The molecule has 2 heterocycles. The van der Waals surface area contributed by atoms with Crippen molar-refractivity contribution in [1.29, 1.82) is 0 Å². The molecule has 0 aliphatic carbocycles. The average molecular weight is 330 g/mol. The van der Waals surface area contributed by atoms with Crippen LogP contribution in [-0.2, 0) is 6.54 Å². The van der Waals surface area contributed by atoms with Crippen LogP contribution in [-0.4, -0.2) is 64.5 Å². The summed E-state index contributed by atoms with van der Waals surface area (Å²) in [5.41, 5.74) is 0.824. The minimum Gasteiger partial charge on any atom is -0.336 e. The molecule has 1 aromatic carbocycles. The Hall–Kier alpha value is -1.79. The molecule has 5 nitrogen and oxygen atoms in total. The zero-order valence-corrected chi connectivity index (χ0v) is 14.2. The predicted molar refractivity (Wildman–Crippen MR) is 92.8 cm³/mol. The van der Waals surface area contributed by atoms with Gasteiger partial charge in [-0.1, -0.05) is 12.1 Å². The Kier molecular flexibility index (Phi) is 5.35. The summed E-state index contributed by atoms with van der Waals surface area (Å²) in [6.07, 6.45) is 5.80. The van der Waals surface area contributed by atoms with Gasteiger partial charge in [0, 0.05) is 50.0 Å². The number of amides is 1. The van der Waals surface area contributed by atoms with Crippen molar-refractivity contribution in [1.82, 2.24) is 19.6 Å². The van der Waals surface area contributed by atoms with E-state index < -0.39 is 0 Å². The summed E-state index contributed by atoms with van der Waals surface area (Å²) in [4.78, 5) is 18.1. The Morgan fingerprint density at radius 2 is 1.91 bits per heavy atom. The van der Waals surface area contributed by atoms with E-state index in [1.165, 1.54) is 0 Å². The fraction of sp³-hybridized carbons (Fsp3) is 0.412. The maximum Gasteiger partial charge on any atom is 0.255 e. The van der Waals surface area contributed by atoms with Crippen molar-refractivity contribution in [2.45, 2.75) is 11.4 Å². The van der Waals surface area contributed by atoms with Crippen molar-refractivity contribution in [3.05, 3.63) is 48.3 Å². The molecule has 1 aromatic heterocycles. The van der Waals surface area contributed by atoms with Gasteiger partial charge >= 0.3 is 0 Å². The number of benzene rings is 1. The van der Waals surface area contributed by atoms with Crippen LogP contribution in [0.5, 0.6) is 0 Å². The van der Waals surface area contributed by atoms with Gasteiger partial charge in [0.1, 0.15) is 0 Å². The summed E-state index contributed by atoms with van der Waals surface area (Å²) >= 11 is 1.63. The number of aromatic nitrogens is 2. The van der Waals surface area contributed by atoms with E-state index in [9.17, 15) is 4.79 Å². The molecular weight excluding hydrogens is 308 g/mol. The SMILES string of the molecule is CSc1ccccc1C(=O)N1CCN(CCn2cccn2)CC1. The second-order valence-corrected chi connectivity index (χ2v) is 6.45. The second kappa shape index (κ2) is 7.66. The van der Waals surface area contributed by atoms with Crippen molar-refractivity contribution in [3.8, 4) is 0 Å². The molecule has 0 unspecified atom stereocenters. The number of nitrogens with zero attached hydrogens (tertiary/aromatic N) is 4. The normalized spacial score (nSPS) is 15.8. The fourth-order valence-electron chi connectivity index (χ4n) is 2.84. The van der Waals surface area contributed by atoms with E-state index in [4.69, 9.17) is 0 Å². The zero-order chi connectivity index (χ0) is 16.1. The van der Waals surface area contributed by atoms with Crippen LogP contribution < -0.4 is 0 Å². The predicted octanol–water partition coefficient (Wildman–Crippen LogP) is 2.06. The highest BCUT2D eigenvalue weighted by Crippen LogP contribution is 2.21. The number of rotatable bonds is 5. The van der Waals surface area contributed by atoms with Gasteiger partial charge in [-0.2, -0.15) is 5.10 Å². The highest BCUT2D eigenvalue weighted by Gasteiger charge is 2.23. The van der Waals surface area contributed by atoms with Crippen LogP contribution in [0.15, 0.2) is 47.6 Å². The Balaban J connectivity index is 1.53. The molecule has 1 aliphatic heterocycles. The van der Waals surface area contributed by atoms with Gasteiger partial charge in [-0.3, -0.25) is 14.4 Å². The van der Waals surface area contributed by atoms with Crippen molar-refractivity contribution >= 4 is 17.7 Å². The second-order valence-electron chi connectivity index (χ2n) is 5.60. The molecule has 1 aliphatic rings. The molecule has 3 rings (SSSR count). The third-order valence-corrected chi connectivity index (χ3v) is 5.00. The molecule has 122 valence electrons. The van der Waals surface area contributed by atoms with Crippen LogP contribution in [0.2, 0.25) is 0 Å². The van der Waals surface area contributed by atoms with Gasteiger partial charge in [0.05, 0.1) is 12.1 Å². The summed E-state index contributed by atoms with van der Waals surface area (Å²) < 4.78 is 1.95. The van der Waals surface area contributed by atoms with E-state index in [-0.39, 0.29) is 5.91 Å². The topological polar surface area (TPSA) is 41.4 Å². The molecule has 1 amide bonds. The van der Waals surface area contributed by atoms with Crippen LogP contribution in [0.3, 0.4) is 0 Å². The number of carbonyl (C=O) groups excluding carboxylic acids is 1. The van der Waals surface area contributed by atoms with Gasteiger partial charge in [0.2, 0.25) is 0 Å². The lowest BCUT2D eigenvalue weighted by Crippen LogP contribution is -2.49. The Morgan fingerprint density at radius 1 is 1.13 bits per heavy atom. The number of hydrogen-bond acceptors (Lipinski definition) is 4. The molecule has 1 saturated heterocycles.